The van der Waals surface area contributed by atoms with E-state index in [9.17, 15) is 4.39 Å². The van der Waals surface area contributed by atoms with Crippen LogP contribution in [0.15, 0.2) is 17.0 Å². The third kappa shape index (κ3) is 1.79. The molecule has 1 aromatic carbocycles. The van der Waals surface area contributed by atoms with Crippen molar-refractivity contribution in [2.75, 3.05) is 6.26 Å². The maximum atomic E-state index is 13.1. The molecule has 0 aliphatic heterocycles. The second kappa shape index (κ2) is 3.92. The molecule has 0 bridgehead atoms. The molecular weight excluding hydrogens is 175 g/mol. The smallest absolute Gasteiger partial charge is 0.130 e. The number of benzene rings is 1. The topological polar surface area (TPSA) is 20.2 Å². The van der Waals surface area contributed by atoms with Crippen molar-refractivity contribution in [2.45, 2.75) is 18.4 Å². The molecule has 0 aromatic heterocycles. The van der Waals surface area contributed by atoms with Crippen LogP contribution in [0.4, 0.5) is 4.39 Å². The maximum Gasteiger partial charge on any atom is 0.130 e. The molecule has 0 atom stereocenters. The van der Waals surface area contributed by atoms with Crippen molar-refractivity contribution >= 4 is 11.8 Å². The van der Waals surface area contributed by atoms with Crippen LogP contribution in [0.2, 0.25) is 0 Å². The highest BCUT2D eigenvalue weighted by Gasteiger charge is 2.07. The van der Waals surface area contributed by atoms with Crippen molar-refractivity contribution in [1.29, 1.82) is 0 Å². The Hall–Kier alpha value is -0.540. The van der Waals surface area contributed by atoms with Crippen molar-refractivity contribution in [3.05, 3.63) is 29.1 Å². The fraction of sp³-hybridized carbons (Fsp3) is 0.333. The molecule has 1 N–H and O–H groups in total. The minimum Gasteiger partial charge on any atom is -0.392 e. The van der Waals surface area contributed by atoms with Gasteiger partial charge >= 0.3 is 0 Å². The minimum atomic E-state index is -0.318. The lowest BCUT2D eigenvalue weighted by molar-refractivity contribution is 0.272. The van der Waals surface area contributed by atoms with Gasteiger partial charge in [-0.05, 0) is 30.9 Å². The van der Waals surface area contributed by atoms with Gasteiger partial charge in [0.05, 0.1) is 6.61 Å². The SMILES string of the molecule is CSc1cc(C)cc(F)c1CO. The molecule has 0 radical (unpaired) electrons. The zero-order valence-electron chi connectivity index (χ0n) is 7.10. The average molecular weight is 186 g/mol. The van der Waals surface area contributed by atoms with E-state index in [0.717, 1.165) is 10.5 Å². The lowest BCUT2D eigenvalue weighted by Crippen LogP contribution is -1.94. The maximum absolute atomic E-state index is 13.1. The molecule has 0 spiro atoms. The van der Waals surface area contributed by atoms with Gasteiger partial charge in [-0.25, -0.2) is 4.39 Å². The number of hydrogen-bond donors (Lipinski definition) is 1. The molecular formula is C9H11FOS. The number of halogens is 1. The van der Waals surface area contributed by atoms with E-state index in [0.29, 0.717) is 5.56 Å². The number of aliphatic hydroxyl groups is 1. The molecule has 3 heteroatoms. The van der Waals surface area contributed by atoms with Crippen LogP contribution >= 0.6 is 11.8 Å². The van der Waals surface area contributed by atoms with E-state index in [1.807, 2.05) is 19.2 Å². The molecule has 0 fully saturated rings. The number of aliphatic hydroxyl groups excluding tert-OH is 1. The summed E-state index contributed by atoms with van der Waals surface area (Å²) < 4.78 is 13.1. The Labute approximate surface area is 75.6 Å². The highest BCUT2D eigenvalue weighted by Crippen LogP contribution is 2.24. The largest absolute Gasteiger partial charge is 0.392 e. The quantitative estimate of drug-likeness (QED) is 0.715. The van der Waals surface area contributed by atoms with Gasteiger partial charge in [-0.15, -0.1) is 11.8 Å². The molecule has 0 aliphatic carbocycles. The molecule has 66 valence electrons. The summed E-state index contributed by atoms with van der Waals surface area (Å²) in [5.41, 5.74) is 1.28. The minimum absolute atomic E-state index is 0.234. The van der Waals surface area contributed by atoms with E-state index >= 15 is 0 Å². The number of thioether (sulfide) groups is 1. The predicted octanol–water partition coefficient (Wildman–Crippen LogP) is 2.35. The summed E-state index contributed by atoms with van der Waals surface area (Å²) in [5, 5.41) is 8.87. The van der Waals surface area contributed by atoms with E-state index in [4.69, 9.17) is 5.11 Å². The van der Waals surface area contributed by atoms with Crippen LogP contribution < -0.4 is 0 Å². The molecule has 1 aromatic rings. The van der Waals surface area contributed by atoms with Crippen molar-refractivity contribution < 1.29 is 9.50 Å². The highest BCUT2D eigenvalue weighted by molar-refractivity contribution is 7.98. The summed E-state index contributed by atoms with van der Waals surface area (Å²) >= 11 is 1.45. The third-order valence-electron chi connectivity index (χ3n) is 1.68. The number of hydrogen-bond acceptors (Lipinski definition) is 2. The molecule has 0 amide bonds. The fourth-order valence-electron chi connectivity index (χ4n) is 1.08. The van der Waals surface area contributed by atoms with Crippen molar-refractivity contribution in [3.63, 3.8) is 0 Å². The average Bonchev–Trinajstić information content (AvgIpc) is 2.03. The zero-order chi connectivity index (χ0) is 9.14. The van der Waals surface area contributed by atoms with E-state index in [1.165, 1.54) is 17.8 Å². The Kier molecular flexibility index (Phi) is 3.12. The van der Waals surface area contributed by atoms with E-state index in [1.54, 1.807) is 0 Å². The molecule has 0 heterocycles. The summed E-state index contributed by atoms with van der Waals surface area (Å²) in [5.74, 6) is -0.318. The standard InChI is InChI=1S/C9H11FOS/c1-6-3-8(10)7(5-11)9(4-6)12-2/h3-4,11H,5H2,1-2H3. The van der Waals surface area contributed by atoms with Crippen LogP contribution in [-0.4, -0.2) is 11.4 Å². The first kappa shape index (κ1) is 9.55. The molecule has 12 heavy (non-hydrogen) atoms. The summed E-state index contributed by atoms with van der Waals surface area (Å²) in [6.07, 6.45) is 1.87. The van der Waals surface area contributed by atoms with Crippen LogP contribution in [0.5, 0.6) is 0 Å². The Morgan fingerprint density at radius 1 is 1.50 bits per heavy atom. The second-order valence-electron chi connectivity index (χ2n) is 2.59. The van der Waals surface area contributed by atoms with Crippen LogP contribution in [-0.2, 0) is 6.61 Å². The first-order chi connectivity index (χ1) is 5.69. The van der Waals surface area contributed by atoms with Crippen molar-refractivity contribution in [1.82, 2.24) is 0 Å². The summed E-state index contributed by atoms with van der Waals surface area (Å²) in [7, 11) is 0. The number of rotatable bonds is 2. The van der Waals surface area contributed by atoms with Gasteiger partial charge in [0.2, 0.25) is 0 Å². The first-order valence-electron chi connectivity index (χ1n) is 3.63. The zero-order valence-corrected chi connectivity index (χ0v) is 7.91. The highest BCUT2D eigenvalue weighted by atomic mass is 32.2. The van der Waals surface area contributed by atoms with Gasteiger partial charge < -0.3 is 5.11 Å². The van der Waals surface area contributed by atoms with E-state index in [-0.39, 0.29) is 12.4 Å². The summed E-state index contributed by atoms with van der Waals surface area (Å²) in [6.45, 7) is 1.60. The summed E-state index contributed by atoms with van der Waals surface area (Å²) in [4.78, 5) is 0.815. The Morgan fingerprint density at radius 3 is 2.67 bits per heavy atom. The lowest BCUT2D eigenvalue weighted by atomic mass is 10.1. The van der Waals surface area contributed by atoms with Gasteiger partial charge in [-0.2, -0.15) is 0 Å². The Bertz CT molecular complexity index is 286. The molecule has 0 unspecified atom stereocenters. The van der Waals surface area contributed by atoms with Crippen molar-refractivity contribution in [3.8, 4) is 0 Å². The summed E-state index contributed by atoms with van der Waals surface area (Å²) in [6, 6.07) is 3.31. The first-order valence-corrected chi connectivity index (χ1v) is 4.85. The molecule has 0 saturated heterocycles. The normalized spacial score (nSPS) is 10.3. The van der Waals surface area contributed by atoms with Crippen LogP contribution in [0.3, 0.4) is 0 Å². The van der Waals surface area contributed by atoms with Gasteiger partial charge in [0.1, 0.15) is 5.82 Å². The monoisotopic (exact) mass is 186 g/mol. The van der Waals surface area contributed by atoms with Crippen LogP contribution in [0.1, 0.15) is 11.1 Å². The second-order valence-corrected chi connectivity index (χ2v) is 3.43. The van der Waals surface area contributed by atoms with Gasteiger partial charge in [0.25, 0.3) is 0 Å². The van der Waals surface area contributed by atoms with Crippen molar-refractivity contribution in [2.24, 2.45) is 0 Å². The third-order valence-corrected chi connectivity index (χ3v) is 2.48. The fourth-order valence-corrected chi connectivity index (χ4v) is 1.79. The van der Waals surface area contributed by atoms with Gasteiger partial charge in [0, 0.05) is 10.5 Å². The van der Waals surface area contributed by atoms with Crippen LogP contribution in [0.25, 0.3) is 0 Å². The molecule has 1 nitrogen and oxygen atoms in total. The van der Waals surface area contributed by atoms with E-state index in [2.05, 4.69) is 0 Å². The van der Waals surface area contributed by atoms with Gasteiger partial charge in [-0.3, -0.25) is 0 Å². The Morgan fingerprint density at radius 2 is 2.17 bits per heavy atom. The molecule has 1 rings (SSSR count). The molecule has 0 aliphatic rings. The lowest BCUT2D eigenvalue weighted by Gasteiger charge is -2.06. The Balaban J connectivity index is 3.24. The van der Waals surface area contributed by atoms with Crippen LogP contribution in [0, 0.1) is 12.7 Å². The van der Waals surface area contributed by atoms with Gasteiger partial charge in [0.15, 0.2) is 0 Å². The number of aryl methyl sites for hydroxylation is 1. The van der Waals surface area contributed by atoms with E-state index < -0.39 is 0 Å². The molecule has 0 saturated carbocycles. The van der Waals surface area contributed by atoms with Gasteiger partial charge in [-0.1, -0.05) is 0 Å². The predicted molar refractivity (Wildman–Crippen MR) is 48.8 cm³/mol.